The number of ether oxygens (including phenoxy) is 2. The number of hydrogen-bond acceptors (Lipinski definition) is 6. The van der Waals surface area contributed by atoms with Crippen LogP contribution in [0.5, 0.6) is 5.75 Å². The predicted molar refractivity (Wildman–Crippen MR) is 132 cm³/mol. The van der Waals surface area contributed by atoms with Crippen LogP contribution in [0.1, 0.15) is 80.2 Å². The fourth-order valence-corrected chi connectivity index (χ4v) is 4.93. The normalized spacial score (nSPS) is 11.1. The third kappa shape index (κ3) is 6.44. The van der Waals surface area contributed by atoms with Gasteiger partial charge >= 0.3 is 5.97 Å². The molecular formula is C26H34N2O4S. The SMILES string of the molecule is CCCCCCCCc1ccc(OCC)c(-c2nc3sc(CC(=O)OCC)cn3c2C=O)c1. The highest BCUT2D eigenvalue weighted by atomic mass is 32.1. The Morgan fingerprint density at radius 1 is 1.09 bits per heavy atom. The van der Waals surface area contributed by atoms with E-state index >= 15 is 0 Å². The molecule has 0 unspecified atom stereocenters. The molecule has 7 heteroatoms. The standard InChI is InChI=1S/C26H34N2O4S/c1-4-7-8-9-10-11-12-19-13-14-23(31-5-2)21(15-19)25-22(18-29)28-17-20(33-26(28)27-25)16-24(30)32-6-3/h13-15,17-18H,4-12,16H2,1-3H3. The van der Waals surface area contributed by atoms with E-state index in [0.29, 0.717) is 29.6 Å². The lowest BCUT2D eigenvalue weighted by atomic mass is 10.0. The Morgan fingerprint density at radius 3 is 2.61 bits per heavy atom. The number of esters is 1. The monoisotopic (exact) mass is 470 g/mol. The van der Waals surface area contributed by atoms with Gasteiger partial charge in [0.25, 0.3) is 0 Å². The van der Waals surface area contributed by atoms with Crippen LogP contribution in [0.2, 0.25) is 0 Å². The minimum Gasteiger partial charge on any atom is -0.493 e. The zero-order valence-corrected chi connectivity index (χ0v) is 20.7. The summed E-state index contributed by atoms with van der Waals surface area (Å²) in [6.45, 7) is 6.84. The lowest BCUT2D eigenvalue weighted by molar-refractivity contribution is -0.142. The summed E-state index contributed by atoms with van der Waals surface area (Å²) in [5, 5.41) is 0. The van der Waals surface area contributed by atoms with Gasteiger partial charge < -0.3 is 9.47 Å². The molecule has 2 aromatic heterocycles. The molecule has 0 aliphatic heterocycles. The number of aromatic nitrogens is 2. The lowest BCUT2D eigenvalue weighted by Crippen LogP contribution is -2.06. The quantitative estimate of drug-likeness (QED) is 0.157. The summed E-state index contributed by atoms with van der Waals surface area (Å²) in [6, 6.07) is 6.20. The maximum Gasteiger partial charge on any atom is 0.311 e. The van der Waals surface area contributed by atoms with Gasteiger partial charge in [0.05, 0.1) is 19.6 Å². The van der Waals surface area contributed by atoms with Gasteiger partial charge in [0.1, 0.15) is 17.1 Å². The van der Waals surface area contributed by atoms with Gasteiger partial charge in [0, 0.05) is 16.6 Å². The number of fused-ring (bicyclic) bond motifs is 1. The summed E-state index contributed by atoms with van der Waals surface area (Å²) in [4.78, 5) is 30.2. The van der Waals surface area contributed by atoms with Crippen LogP contribution in [0.3, 0.4) is 0 Å². The van der Waals surface area contributed by atoms with Crippen molar-refractivity contribution in [1.82, 2.24) is 9.38 Å². The molecule has 0 fully saturated rings. The zero-order valence-electron chi connectivity index (χ0n) is 19.9. The Labute approximate surface area is 199 Å². The number of rotatable bonds is 14. The second-order valence-electron chi connectivity index (χ2n) is 8.08. The van der Waals surface area contributed by atoms with Gasteiger partial charge in [-0.3, -0.25) is 14.0 Å². The van der Waals surface area contributed by atoms with E-state index < -0.39 is 0 Å². The summed E-state index contributed by atoms with van der Waals surface area (Å²) in [6.07, 6.45) is 11.3. The number of benzene rings is 1. The minimum atomic E-state index is -0.282. The summed E-state index contributed by atoms with van der Waals surface area (Å²) in [5.74, 6) is 0.445. The van der Waals surface area contributed by atoms with Crippen LogP contribution in [-0.4, -0.2) is 34.9 Å². The molecule has 0 amide bonds. The van der Waals surface area contributed by atoms with Crippen molar-refractivity contribution in [3.63, 3.8) is 0 Å². The highest BCUT2D eigenvalue weighted by molar-refractivity contribution is 7.17. The molecule has 178 valence electrons. The Balaban J connectivity index is 1.86. The highest BCUT2D eigenvalue weighted by Gasteiger charge is 2.20. The van der Waals surface area contributed by atoms with Crippen molar-refractivity contribution in [2.45, 2.75) is 72.1 Å². The molecule has 0 spiro atoms. The molecule has 0 N–H and O–H groups in total. The van der Waals surface area contributed by atoms with Crippen molar-refractivity contribution in [3.8, 4) is 17.0 Å². The van der Waals surface area contributed by atoms with E-state index in [4.69, 9.17) is 14.5 Å². The van der Waals surface area contributed by atoms with Gasteiger partial charge in [0.15, 0.2) is 11.2 Å². The summed E-state index contributed by atoms with van der Waals surface area (Å²) in [5.41, 5.74) is 3.15. The van der Waals surface area contributed by atoms with Crippen molar-refractivity contribution in [3.05, 3.63) is 40.5 Å². The van der Waals surface area contributed by atoms with E-state index in [9.17, 15) is 9.59 Å². The number of aldehydes is 1. The van der Waals surface area contributed by atoms with Gasteiger partial charge in [0.2, 0.25) is 0 Å². The third-order valence-electron chi connectivity index (χ3n) is 5.56. The first kappa shape index (κ1) is 25.0. The van der Waals surface area contributed by atoms with E-state index in [2.05, 4.69) is 19.1 Å². The third-order valence-corrected chi connectivity index (χ3v) is 6.55. The van der Waals surface area contributed by atoms with Crippen LogP contribution in [0, 0.1) is 0 Å². The molecule has 3 aromatic rings. The number of imidazole rings is 1. The van der Waals surface area contributed by atoms with E-state index in [1.165, 1.54) is 49.0 Å². The van der Waals surface area contributed by atoms with E-state index in [1.807, 2.05) is 13.0 Å². The largest absolute Gasteiger partial charge is 0.493 e. The van der Waals surface area contributed by atoms with Crippen LogP contribution in [0.15, 0.2) is 24.4 Å². The maximum absolute atomic E-state index is 12.1. The molecule has 33 heavy (non-hydrogen) atoms. The van der Waals surface area contributed by atoms with Crippen molar-refractivity contribution in [2.24, 2.45) is 0 Å². The van der Waals surface area contributed by atoms with E-state index in [1.54, 1.807) is 17.5 Å². The van der Waals surface area contributed by atoms with Crippen molar-refractivity contribution in [2.75, 3.05) is 13.2 Å². The number of hydrogen-bond donors (Lipinski definition) is 0. The molecule has 0 bridgehead atoms. The second kappa shape index (κ2) is 12.5. The van der Waals surface area contributed by atoms with Gasteiger partial charge in [-0.25, -0.2) is 4.98 Å². The van der Waals surface area contributed by atoms with Crippen molar-refractivity contribution >= 4 is 28.6 Å². The fraction of sp³-hybridized carbons (Fsp3) is 0.500. The fourth-order valence-electron chi connectivity index (χ4n) is 3.96. The first-order valence-electron chi connectivity index (χ1n) is 12.0. The summed E-state index contributed by atoms with van der Waals surface area (Å²) < 4.78 is 12.7. The molecule has 0 radical (unpaired) electrons. The first-order valence-corrected chi connectivity index (χ1v) is 12.8. The minimum absolute atomic E-state index is 0.174. The van der Waals surface area contributed by atoms with Crippen LogP contribution in [0.25, 0.3) is 16.2 Å². The predicted octanol–water partition coefficient (Wildman–Crippen LogP) is 6.28. The Morgan fingerprint density at radius 2 is 1.88 bits per heavy atom. The van der Waals surface area contributed by atoms with Gasteiger partial charge in [-0.05, 0) is 44.4 Å². The molecule has 0 aliphatic carbocycles. The molecule has 2 heterocycles. The van der Waals surface area contributed by atoms with Crippen molar-refractivity contribution in [1.29, 1.82) is 0 Å². The number of nitrogens with zero attached hydrogens (tertiary/aromatic N) is 2. The van der Waals surface area contributed by atoms with Crippen LogP contribution < -0.4 is 4.74 Å². The Bertz CT molecular complexity index is 1070. The Kier molecular flexibility index (Phi) is 9.48. The van der Waals surface area contributed by atoms with E-state index in [-0.39, 0.29) is 12.4 Å². The lowest BCUT2D eigenvalue weighted by Gasteiger charge is -2.12. The van der Waals surface area contributed by atoms with E-state index in [0.717, 1.165) is 35.3 Å². The Hall–Kier alpha value is -2.67. The summed E-state index contributed by atoms with van der Waals surface area (Å²) in [7, 11) is 0. The molecule has 0 aliphatic rings. The zero-order chi connectivity index (χ0) is 23.6. The average Bonchev–Trinajstić information content (AvgIpc) is 3.34. The molecular weight excluding hydrogens is 436 g/mol. The maximum atomic E-state index is 12.1. The smallest absolute Gasteiger partial charge is 0.311 e. The summed E-state index contributed by atoms with van der Waals surface area (Å²) >= 11 is 1.39. The van der Waals surface area contributed by atoms with Crippen LogP contribution in [-0.2, 0) is 22.4 Å². The van der Waals surface area contributed by atoms with Gasteiger partial charge in [-0.15, -0.1) is 11.3 Å². The molecule has 1 aromatic carbocycles. The number of thiazole rings is 1. The second-order valence-corrected chi connectivity index (χ2v) is 9.17. The van der Waals surface area contributed by atoms with Gasteiger partial charge in [-0.1, -0.05) is 45.1 Å². The molecule has 0 saturated carbocycles. The topological polar surface area (TPSA) is 69.9 Å². The highest BCUT2D eigenvalue weighted by Crippen LogP contribution is 2.35. The van der Waals surface area contributed by atoms with Crippen molar-refractivity contribution < 1.29 is 19.1 Å². The number of carbonyl (C=O) groups is 2. The number of carbonyl (C=O) groups excluding carboxylic acids is 2. The first-order chi connectivity index (χ1) is 16.1. The number of aryl methyl sites for hydroxylation is 1. The molecule has 6 nitrogen and oxygen atoms in total. The van der Waals surface area contributed by atoms with Gasteiger partial charge in [-0.2, -0.15) is 0 Å². The molecule has 0 atom stereocenters. The van der Waals surface area contributed by atoms with Crippen LogP contribution >= 0.6 is 11.3 Å². The number of unbranched alkanes of at least 4 members (excludes halogenated alkanes) is 5. The molecule has 3 rings (SSSR count). The average molecular weight is 471 g/mol. The molecule has 0 saturated heterocycles. The van der Waals surface area contributed by atoms with Crippen LogP contribution in [0.4, 0.5) is 0 Å².